The van der Waals surface area contributed by atoms with Crippen LogP contribution in [0.5, 0.6) is 0 Å². The molecule has 0 atom stereocenters. The number of benzene rings is 2. The van der Waals surface area contributed by atoms with E-state index in [1.54, 1.807) is 42.5 Å². The third-order valence-corrected chi connectivity index (χ3v) is 6.46. The van der Waals surface area contributed by atoms with Crippen molar-refractivity contribution in [2.45, 2.75) is 12.8 Å². The van der Waals surface area contributed by atoms with Gasteiger partial charge in [-0.05, 0) is 73.6 Å². The number of hydrogen-bond acceptors (Lipinski definition) is 4. The summed E-state index contributed by atoms with van der Waals surface area (Å²) in [5, 5.41) is 7.24. The second-order valence-electron chi connectivity index (χ2n) is 7.44. The molecule has 1 aliphatic rings. The number of hydrogen-bond donors (Lipinski definition) is 2. The molecule has 9 heteroatoms. The van der Waals surface area contributed by atoms with Gasteiger partial charge in [0.15, 0.2) is 5.11 Å². The van der Waals surface area contributed by atoms with Crippen molar-refractivity contribution in [3.63, 3.8) is 0 Å². The molecule has 33 heavy (non-hydrogen) atoms. The Hall–Kier alpha value is -2.51. The lowest BCUT2D eigenvalue weighted by atomic mass is 10.2. The van der Waals surface area contributed by atoms with E-state index in [0.717, 1.165) is 18.8 Å². The normalized spacial score (nSPS) is 13.5. The quantitative estimate of drug-likeness (QED) is 0.279. The molecule has 4 rings (SSSR count). The maximum Gasteiger partial charge on any atom is 0.250 e. The zero-order chi connectivity index (χ0) is 23.4. The average Bonchev–Trinajstić information content (AvgIpc) is 3.47. The molecule has 1 aromatic heterocycles. The predicted molar refractivity (Wildman–Crippen MR) is 140 cm³/mol. The summed E-state index contributed by atoms with van der Waals surface area (Å²) in [6, 6.07) is 14.4. The van der Waals surface area contributed by atoms with Gasteiger partial charge in [0.25, 0.3) is 0 Å². The van der Waals surface area contributed by atoms with Crippen LogP contribution in [0.2, 0.25) is 15.1 Å². The Morgan fingerprint density at radius 1 is 1.03 bits per heavy atom. The summed E-state index contributed by atoms with van der Waals surface area (Å²) in [5.74, 6) is 0.638. The van der Waals surface area contributed by atoms with Crippen molar-refractivity contribution in [2.24, 2.45) is 0 Å². The molecule has 1 fully saturated rings. The summed E-state index contributed by atoms with van der Waals surface area (Å²) in [6.45, 7) is 2.02. The first kappa shape index (κ1) is 23.6. The van der Waals surface area contributed by atoms with Crippen LogP contribution in [0.15, 0.2) is 59.0 Å². The summed E-state index contributed by atoms with van der Waals surface area (Å²) in [6.07, 6.45) is 5.22. The van der Waals surface area contributed by atoms with Gasteiger partial charge in [0, 0.05) is 30.4 Å². The highest BCUT2D eigenvalue weighted by Gasteiger charge is 2.15. The SMILES string of the molecule is O=C(C=Cc1ccc(-c2cccc(Cl)c2Cl)o1)NC(=S)Nc1ccc(N2CCCC2)c(Cl)c1. The lowest BCUT2D eigenvalue weighted by Crippen LogP contribution is -2.32. The molecular weight excluding hydrogens is 501 g/mol. The largest absolute Gasteiger partial charge is 0.457 e. The fourth-order valence-corrected chi connectivity index (χ4v) is 4.47. The van der Waals surface area contributed by atoms with Crippen LogP contribution in [0.25, 0.3) is 17.4 Å². The number of anilines is 2. The first-order chi connectivity index (χ1) is 15.9. The Bertz CT molecular complexity index is 1220. The van der Waals surface area contributed by atoms with Crippen molar-refractivity contribution < 1.29 is 9.21 Å². The van der Waals surface area contributed by atoms with Gasteiger partial charge in [-0.2, -0.15) is 0 Å². The number of carbonyl (C=O) groups is 1. The van der Waals surface area contributed by atoms with Crippen molar-refractivity contribution in [3.05, 3.63) is 75.4 Å². The van der Waals surface area contributed by atoms with Gasteiger partial charge in [-0.1, -0.05) is 40.9 Å². The van der Waals surface area contributed by atoms with E-state index in [1.807, 2.05) is 12.1 Å². The zero-order valence-electron chi connectivity index (χ0n) is 17.4. The molecule has 1 aliphatic heterocycles. The monoisotopic (exact) mass is 519 g/mol. The fourth-order valence-electron chi connectivity index (χ4n) is 3.55. The lowest BCUT2D eigenvalue weighted by molar-refractivity contribution is -0.115. The van der Waals surface area contributed by atoms with E-state index < -0.39 is 5.91 Å². The Morgan fingerprint density at radius 3 is 2.58 bits per heavy atom. The van der Waals surface area contributed by atoms with Crippen molar-refractivity contribution >= 4 is 75.5 Å². The number of thiocarbonyl (C=S) groups is 1. The average molecular weight is 521 g/mol. The van der Waals surface area contributed by atoms with E-state index >= 15 is 0 Å². The Labute approximate surface area is 212 Å². The van der Waals surface area contributed by atoms with Crippen LogP contribution in [0.1, 0.15) is 18.6 Å². The van der Waals surface area contributed by atoms with Crippen LogP contribution in [0, 0.1) is 0 Å². The van der Waals surface area contributed by atoms with Crippen LogP contribution in [0.3, 0.4) is 0 Å². The molecule has 0 saturated carbocycles. The van der Waals surface area contributed by atoms with Gasteiger partial charge in [0.05, 0.1) is 20.8 Å². The molecular formula is C24H20Cl3N3O2S. The summed E-state index contributed by atoms with van der Waals surface area (Å²) >= 11 is 24.0. The highest BCUT2D eigenvalue weighted by Crippen LogP contribution is 2.34. The van der Waals surface area contributed by atoms with Gasteiger partial charge >= 0.3 is 0 Å². The molecule has 3 aromatic rings. The van der Waals surface area contributed by atoms with Gasteiger partial charge in [0.1, 0.15) is 11.5 Å². The fraction of sp³-hybridized carbons (Fsp3) is 0.167. The Morgan fingerprint density at radius 2 is 1.82 bits per heavy atom. The molecule has 1 saturated heterocycles. The first-order valence-electron chi connectivity index (χ1n) is 10.3. The molecule has 2 aromatic carbocycles. The minimum atomic E-state index is -0.397. The van der Waals surface area contributed by atoms with Crippen LogP contribution in [-0.2, 0) is 4.79 Å². The molecule has 0 bridgehead atoms. The Balaban J connectivity index is 1.33. The highest BCUT2D eigenvalue weighted by atomic mass is 35.5. The minimum Gasteiger partial charge on any atom is -0.457 e. The summed E-state index contributed by atoms with van der Waals surface area (Å²) in [7, 11) is 0. The number of halogens is 3. The molecule has 0 aliphatic carbocycles. The third kappa shape index (κ3) is 5.89. The molecule has 2 N–H and O–H groups in total. The molecule has 0 spiro atoms. The molecule has 5 nitrogen and oxygen atoms in total. The van der Waals surface area contributed by atoms with E-state index in [2.05, 4.69) is 15.5 Å². The summed E-state index contributed by atoms with van der Waals surface area (Å²) in [4.78, 5) is 14.5. The number of carbonyl (C=O) groups excluding carboxylic acids is 1. The van der Waals surface area contributed by atoms with Gasteiger partial charge in [-0.25, -0.2) is 0 Å². The van der Waals surface area contributed by atoms with Crippen LogP contribution >= 0.6 is 47.0 Å². The zero-order valence-corrected chi connectivity index (χ0v) is 20.5. The molecule has 2 heterocycles. The molecule has 0 unspecified atom stereocenters. The van der Waals surface area contributed by atoms with Gasteiger partial charge in [-0.15, -0.1) is 0 Å². The van der Waals surface area contributed by atoms with E-state index in [9.17, 15) is 4.79 Å². The third-order valence-electron chi connectivity index (χ3n) is 5.13. The molecule has 1 amide bonds. The van der Waals surface area contributed by atoms with E-state index in [4.69, 9.17) is 51.4 Å². The summed E-state index contributed by atoms with van der Waals surface area (Å²) in [5.41, 5.74) is 2.38. The second kappa shape index (κ2) is 10.6. The minimum absolute atomic E-state index is 0.167. The van der Waals surface area contributed by atoms with Gasteiger partial charge in [0.2, 0.25) is 5.91 Å². The van der Waals surface area contributed by atoms with Crippen LogP contribution in [-0.4, -0.2) is 24.1 Å². The van der Waals surface area contributed by atoms with Gasteiger partial charge in [-0.3, -0.25) is 10.1 Å². The van der Waals surface area contributed by atoms with E-state index in [0.29, 0.717) is 37.8 Å². The maximum absolute atomic E-state index is 12.2. The maximum atomic E-state index is 12.2. The van der Waals surface area contributed by atoms with E-state index in [-0.39, 0.29) is 5.11 Å². The topological polar surface area (TPSA) is 57.5 Å². The van der Waals surface area contributed by atoms with E-state index in [1.165, 1.54) is 18.9 Å². The first-order valence-corrected chi connectivity index (χ1v) is 11.8. The van der Waals surface area contributed by atoms with Crippen LogP contribution < -0.4 is 15.5 Å². The number of rotatable bonds is 5. The number of nitrogens with zero attached hydrogens (tertiary/aromatic N) is 1. The predicted octanol–water partition coefficient (Wildman–Crippen LogP) is 7.03. The van der Waals surface area contributed by atoms with Crippen molar-refractivity contribution in [2.75, 3.05) is 23.3 Å². The summed E-state index contributed by atoms with van der Waals surface area (Å²) < 4.78 is 5.75. The lowest BCUT2D eigenvalue weighted by Gasteiger charge is -2.20. The number of furan rings is 1. The van der Waals surface area contributed by atoms with Crippen LogP contribution in [0.4, 0.5) is 11.4 Å². The second-order valence-corrected chi connectivity index (χ2v) is 9.04. The Kier molecular flexibility index (Phi) is 7.60. The smallest absolute Gasteiger partial charge is 0.250 e. The molecule has 170 valence electrons. The standard InChI is InChI=1S/C24H20Cl3N3O2S/c25-18-5-3-4-17(23(18)27)21-10-7-16(32-21)8-11-22(31)29-24(33)28-15-6-9-20(19(26)14-15)30-12-1-2-13-30/h3-11,14H,1-2,12-13H2,(H2,28,29,31,33). The van der Waals surface area contributed by atoms with Crippen molar-refractivity contribution in [1.29, 1.82) is 0 Å². The number of nitrogens with one attached hydrogen (secondary N) is 2. The highest BCUT2D eigenvalue weighted by molar-refractivity contribution is 7.80. The number of amides is 1. The van der Waals surface area contributed by atoms with Gasteiger partial charge < -0.3 is 14.6 Å². The van der Waals surface area contributed by atoms with Crippen molar-refractivity contribution in [1.82, 2.24) is 5.32 Å². The van der Waals surface area contributed by atoms with Crippen molar-refractivity contribution in [3.8, 4) is 11.3 Å². The molecule has 0 radical (unpaired) electrons.